The summed E-state index contributed by atoms with van der Waals surface area (Å²) in [5.74, 6) is 8.23. The molecule has 0 N–H and O–H groups in total. The first-order chi connectivity index (χ1) is 4.97. The monoisotopic (exact) mass is 132 g/mol. The van der Waals surface area contributed by atoms with Gasteiger partial charge in [0.15, 0.2) is 0 Å². The van der Waals surface area contributed by atoms with Crippen LogP contribution in [-0.4, -0.2) is 0 Å². The van der Waals surface area contributed by atoms with E-state index in [1.165, 1.54) is 19.3 Å². The van der Waals surface area contributed by atoms with Crippen molar-refractivity contribution in [2.45, 2.75) is 25.7 Å². The molecule has 0 aromatic rings. The molecule has 0 aromatic heterocycles. The molecule has 0 nitrogen and oxygen atoms in total. The van der Waals surface area contributed by atoms with Crippen LogP contribution in [0.15, 0.2) is 12.2 Å². The van der Waals surface area contributed by atoms with Crippen LogP contribution in [0.5, 0.6) is 0 Å². The standard InChI is InChI=1S/C10H12/c1-2-4-6-9-8-10(9)7-5-3-1/h1-2,9-10H,4,6-8H2/b2-1-. The lowest BCUT2D eigenvalue weighted by molar-refractivity contribution is 0.663. The third-order valence-electron chi connectivity index (χ3n) is 2.44. The number of hydrogen-bond acceptors (Lipinski definition) is 0. The number of allylic oxidation sites excluding steroid dienone is 2. The van der Waals surface area contributed by atoms with Crippen LogP contribution in [0, 0.1) is 23.7 Å². The minimum absolute atomic E-state index is 0.965. The van der Waals surface area contributed by atoms with Crippen LogP contribution in [-0.2, 0) is 0 Å². The predicted octanol–water partition coefficient (Wildman–Crippen LogP) is 2.37. The summed E-state index contributed by atoms with van der Waals surface area (Å²) in [7, 11) is 0. The topological polar surface area (TPSA) is 0 Å². The highest BCUT2D eigenvalue weighted by Crippen LogP contribution is 2.44. The molecule has 0 radical (unpaired) electrons. The Morgan fingerprint density at radius 3 is 3.30 bits per heavy atom. The molecule has 0 aliphatic heterocycles. The van der Waals surface area contributed by atoms with Gasteiger partial charge in [-0.15, -0.1) is 0 Å². The minimum Gasteiger partial charge on any atom is -0.0982 e. The lowest BCUT2D eigenvalue weighted by Gasteiger charge is -1.90. The van der Waals surface area contributed by atoms with Crippen molar-refractivity contribution in [2.24, 2.45) is 11.8 Å². The first kappa shape index (κ1) is 6.04. The summed E-state index contributed by atoms with van der Waals surface area (Å²) in [6.07, 6.45) is 9.44. The van der Waals surface area contributed by atoms with E-state index in [9.17, 15) is 0 Å². The Kier molecular flexibility index (Phi) is 1.51. The summed E-state index contributed by atoms with van der Waals surface area (Å²) < 4.78 is 0. The van der Waals surface area contributed by atoms with Crippen LogP contribution >= 0.6 is 0 Å². The van der Waals surface area contributed by atoms with Crippen LogP contribution in [0.4, 0.5) is 0 Å². The molecule has 0 saturated heterocycles. The van der Waals surface area contributed by atoms with Crippen molar-refractivity contribution in [3.8, 4) is 11.8 Å². The Morgan fingerprint density at radius 2 is 2.30 bits per heavy atom. The van der Waals surface area contributed by atoms with Gasteiger partial charge < -0.3 is 0 Å². The van der Waals surface area contributed by atoms with E-state index in [2.05, 4.69) is 17.9 Å². The summed E-state index contributed by atoms with van der Waals surface area (Å²) in [6.45, 7) is 0. The van der Waals surface area contributed by atoms with Crippen molar-refractivity contribution >= 4 is 0 Å². The molecule has 0 amide bonds. The maximum atomic E-state index is 3.18. The predicted molar refractivity (Wildman–Crippen MR) is 42.4 cm³/mol. The van der Waals surface area contributed by atoms with Crippen LogP contribution < -0.4 is 0 Å². The molecule has 2 aliphatic carbocycles. The van der Waals surface area contributed by atoms with Crippen molar-refractivity contribution in [2.75, 3.05) is 0 Å². The quantitative estimate of drug-likeness (QED) is 0.444. The largest absolute Gasteiger partial charge is 0.0982 e. The zero-order valence-corrected chi connectivity index (χ0v) is 6.14. The molecule has 2 aliphatic rings. The highest BCUT2D eigenvalue weighted by molar-refractivity contribution is 5.17. The molecule has 0 heterocycles. The second-order valence-corrected chi connectivity index (χ2v) is 3.26. The lowest BCUT2D eigenvalue weighted by atomic mass is 10.1. The Balaban J connectivity index is 2.00. The Bertz CT molecular complexity index is 202. The second-order valence-electron chi connectivity index (χ2n) is 3.26. The van der Waals surface area contributed by atoms with Crippen LogP contribution in [0.25, 0.3) is 0 Å². The summed E-state index contributed by atoms with van der Waals surface area (Å²) in [4.78, 5) is 0. The average molecular weight is 132 g/mol. The molecule has 1 fully saturated rings. The van der Waals surface area contributed by atoms with Gasteiger partial charge in [0.05, 0.1) is 0 Å². The van der Waals surface area contributed by atoms with Crippen LogP contribution in [0.3, 0.4) is 0 Å². The molecule has 2 unspecified atom stereocenters. The molecule has 1 saturated carbocycles. The van der Waals surface area contributed by atoms with Crippen molar-refractivity contribution in [3.63, 3.8) is 0 Å². The molecule has 0 bridgehead atoms. The number of hydrogen-bond donors (Lipinski definition) is 0. The first-order valence-electron chi connectivity index (χ1n) is 4.10. The van der Waals surface area contributed by atoms with Gasteiger partial charge in [0.2, 0.25) is 0 Å². The van der Waals surface area contributed by atoms with Gasteiger partial charge in [-0.1, -0.05) is 17.9 Å². The van der Waals surface area contributed by atoms with E-state index in [4.69, 9.17) is 0 Å². The molecule has 0 aromatic carbocycles. The van der Waals surface area contributed by atoms with Crippen molar-refractivity contribution in [1.29, 1.82) is 0 Å². The van der Waals surface area contributed by atoms with Gasteiger partial charge >= 0.3 is 0 Å². The summed E-state index contributed by atoms with van der Waals surface area (Å²) >= 11 is 0. The molecular weight excluding hydrogens is 120 g/mol. The normalized spacial score (nSPS) is 39.2. The third-order valence-corrected chi connectivity index (χ3v) is 2.44. The lowest BCUT2D eigenvalue weighted by Crippen LogP contribution is -1.79. The molecule has 52 valence electrons. The molecule has 0 spiro atoms. The molecule has 10 heavy (non-hydrogen) atoms. The maximum absolute atomic E-state index is 3.18. The smallest absolute Gasteiger partial charge is 0.0123 e. The van der Waals surface area contributed by atoms with E-state index >= 15 is 0 Å². The third kappa shape index (κ3) is 1.24. The molecule has 2 rings (SSSR count). The van der Waals surface area contributed by atoms with E-state index in [-0.39, 0.29) is 0 Å². The number of fused-ring (bicyclic) bond motifs is 1. The zero-order valence-electron chi connectivity index (χ0n) is 6.14. The van der Waals surface area contributed by atoms with Crippen molar-refractivity contribution in [3.05, 3.63) is 12.2 Å². The fourth-order valence-corrected chi connectivity index (χ4v) is 1.62. The first-order valence-corrected chi connectivity index (χ1v) is 4.10. The fourth-order valence-electron chi connectivity index (χ4n) is 1.62. The molecule has 0 heteroatoms. The molecule has 2 atom stereocenters. The SMILES string of the molecule is C1#CCC2CC2CC/C=C\1. The Labute approximate surface area is 62.3 Å². The van der Waals surface area contributed by atoms with E-state index in [1.54, 1.807) is 0 Å². The highest BCUT2D eigenvalue weighted by atomic mass is 14.4. The van der Waals surface area contributed by atoms with Crippen LogP contribution in [0.1, 0.15) is 25.7 Å². The van der Waals surface area contributed by atoms with Gasteiger partial charge in [0.25, 0.3) is 0 Å². The molecular formula is C10H12. The van der Waals surface area contributed by atoms with Gasteiger partial charge in [-0.2, -0.15) is 0 Å². The minimum atomic E-state index is 0.965. The van der Waals surface area contributed by atoms with E-state index < -0.39 is 0 Å². The van der Waals surface area contributed by atoms with Crippen molar-refractivity contribution in [1.82, 2.24) is 0 Å². The van der Waals surface area contributed by atoms with Gasteiger partial charge in [0.1, 0.15) is 0 Å². The summed E-state index contributed by atoms with van der Waals surface area (Å²) in [5, 5.41) is 0. The van der Waals surface area contributed by atoms with Crippen molar-refractivity contribution < 1.29 is 0 Å². The summed E-state index contributed by atoms with van der Waals surface area (Å²) in [6, 6.07) is 0. The van der Waals surface area contributed by atoms with E-state index in [0.717, 1.165) is 18.3 Å². The summed E-state index contributed by atoms with van der Waals surface area (Å²) in [5.41, 5.74) is 0. The van der Waals surface area contributed by atoms with Crippen LogP contribution in [0.2, 0.25) is 0 Å². The second kappa shape index (κ2) is 2.50. The van der Waals surface area contributed by atoms with Gasteiger partial charge in [-0.3, -0.25) is 0 Å². The maximum Gasteiger partial charge on any atom is 0.0123 e. The highest BCUT2D eigenvalue weighted by Gasteiger charge is 2.34. The average Bonchev–Trinajstić information content (AvgIpc) is 2.66. The van der Waals surface area contributed by atoms with E-state index in [1.807, 2.05) is 6.08 Å². The van der Waals surface area contributed by atoms with E-state index in [0.29, 0.717) is 0 Å². The Morgan fingerprint density at radius 1 is 1.30 bits per heavy atom. The van der Waals surface area contributed by atoms with Gasteiger partial charge in [-0.05, 0) is 37.2 Å². The Hall–Kier alpha value is -0.700. The van der Waals surface area contributed by atoms with Gasteiger partial charge in [-0.25, -0.2) is 0 Å². The number of rotatable bonds is 0. The van der Waals surface area contributed by atoms with Gasteiger partial charge in [0, 0.05) is 6.42 Å². The zero-order chi connectivity index (χ0) is 6.81. The fraction of sp³-hybridized carbons (Fsp3) is 0.600.